The van der Waals surface area contributed by atoms with E-state index in [9.17, 15) is 19.7 Å². The molecule has 0 aliphatic rings. The van der Waals surface area contributed by atoms with E-state index in [4.69, 9.17) is 0 Å². The van der Waals surface area contributed by atoms with Gasteiger partial charge >= 0.3 is 11.9 Å². The third kappa shape index (κ3) is 4.41. The Kier molecular flexibility index (Phi) is 5.04. The van der Waals surface area contributed by atoms with Crippen LogP contribution in [0.1, 0.15) is 30.8 Å². The van der Waals surface area contributed by atoms with Gasteiger partial charge in [-0.3, -0.25) is 14.9 Å². The molecule has 0 saturated carbocycles. The van der Waals surface area contributed by atoms with Crippen LogP contribution in [0.15, 0.2) is 16.5 Å². The standard InChI is InChI=1S/C11H14N2O6/c1-3-7(2)12-9(14)6-18-11(15)8-4-5-10(19-8)13(16)17/h4-5,7H,3,6H2,1-2H3,(H,12,14). The fourth-order valence-corrected chi connectivity index (χ4v) is 1.16. The van der Waals surface area contributed by atoms with Gasteiger partial charge in [-0.15, -0.1) is 0 Å². The quantitative estimate of drug-likeness (QED) is 0.473. The smallest absolute Gasteiger partial charge is 0.433 e. The van der Waals surface area contributed by atoms with Crippen LogP contribution < -0.4 is 5.32 Å². The Hall–Kier alpha value is -2.38. The van der Waals surface area contributed by atoms with Crippen LogP contribution in [0.3, 0.4) is 0 Å². The molecule has 1 amide bonds. The number of amides is 1. The number of ether oxygens (including phenoxy) is 1. The lowest BCUT2D eigenvalue weighted by molar-refractivity contribution is -0.402. The lowest BCUT2D eigenvalue weighted by atomic mass is 10.2. The molecule has 0 aliphatic heterocycles. The Morgan fingerprint density at radius 3 is 2.74 bits per heavy atom. The van der Waals surface area contributed by atoms with Crippen LogP contribution in [0.4, 0.5) is 5.88 Å². The first-order valence-corrected chi connectivity index (χ1v) is 5.64. The first-order valence-electron chi connectivity index (χ1n) is 5.64. The van der Waals surface area contributed by atoms with Crippen LogP contribution >= 0.6 is 0 Å². The number of esters is 1. The molecule has 0 spiro atoms. The molecule has 19 heavy (non-hydrogen) atoms. The minimum absolute atomic E-state index is 0.0177. The van der Waals surface area contributed by atoms with E-state index in [1.165, 1.54) is 0 Å². The maximum Gasteiger partial charge on any atom is 0.433 e. The number of nitro groups is 1. The summed E-state index contributed by atoms with van der Waals surface area (Å²) in [6, 6.07) is 2.14. The van der Waals surface area contributed by atoms with Crippen LogP contribution in [0.5, 0.6) is 0 Å². The highest BCUT2D eigenvalue weighted by molar-refractivity contribution is 5.89. The summed E-state index contributed by atoms with van der Waals surface area (Å²) in [7, 11) is 0. The second-order valence-corrected chi connectivity index (χ2v) is 3.85. The Morgan fingerprint density at radius 2 is 2.21 bits per heavy atom. The summed E-state index contributed by atoms with van der Waals surface area (Å²) in [6.07, 6.45) is 0.754. The van der Waals surface area contributed by atoms with E-state index in [-0.39, 0.29) is 11.8 Å². The van der Waals surface area contributed by atoms with Crippen LogP contribution in [0.25, 0.3) is 0 Å². The van der Waals surface area contributed by atoms with Crippen LogP contribution in [0.2, 0.25) is 0 Å². The molecule has 1 atom stereocenters. The molecule has 0 radical (unpaired) electrons. The van der Waals surface area contributed by atoms with Gasteiger partial charge in [0, 0.05) is 6.04 Å². The summed E-state index contributed by atoms with van der Waals surface area (Å²) in [4.78, 5) is 32.3. The number of nitrogens with zero attached hydrogens (tertiary/aromatic N) is 1. The molecule has 0 saturated heterocycles. The van der Waals surface area contributed by atoms with Crippen molar-refractivity contribution >= 4 is 17.8 Å². The zero-order chi connectivity index (χ0) is 14.4. The molecule has 8 heteroatoms. The number of hydrogen-bond donors (Lipinski definition) is 1. The maximum absolute atomic E-state index is 11.4. The minimum atomic E-state index is -0.924. The van der Waals surface area contributed by atoms with E-state index in [2.05, 4.69) is 14.5 Å². The zero-order valence-electron chi connectivity index (χ0n) is 10.5. The van der Waals surface area contributed by atoms with Crippen LogP contribution in [0, 0.1) is 10.1 Å². The van der Waals surface area contributed by atoms with Gasteiger partial charge in [0.2, 0.25) is 5.76 Å². The summed E-state index contributed by atoms with van der Waals surface area (Å²) in [5.74, 6) is -2.24. The Morgan fingerprint density at radius 1 is 1.53 bits per heavy atom. The lowest BCUT2D eigenvalue weighted by Gasteiger charge is -2.10. The second-order valence-electron chi connectivity index (χ2n) is 3.85. The van der Waals surface area contributed by atoms with E-state index in [0.29, 0.717) is 0 Å². The molecule has 0 aliphatic carbocycles. The van der Waals surface area contributed by atoms with Crippen molar-refractivity contribution in [2.24, 2.45) is 0 Å². The molecule has 1 rings (SSSR count). The van der Waals surface area contributed by atoms with E-state index < -0.39 is 29.3 Å². The molecule has 104 valence electrons. The maximum atomic E-state index is 11.4. The Bertz CT molecular complexity index is 481. The largest absolute Gasteiger partial charge is 0.450 e. The third-order valence-electron chi connectivity index (χ3n) is 2.33. The van der Waals surface area contributed by atoms with E-state index >= 15 is 0 Å². The van der Waals surface area contributed by atoms with Gasteiger partial charge in [-0.05, 0) is 19.4 Å². The monoisotopic (exact) mass is 270 g/mol. The van der Waals surface area contributed by atoms with Gasteiger partial charge in [-0.1, -0.05) is 6.92 Å². The summed E-state index contributed by atoms with van der Waals surface area (Å²) in [5, 5.41) is 13.0. The minimum Gasteiger partial charge on any atom is -0.450 e. The molecular weight excluding hydrogens is 256 g/mol. The zero-order valence-corrected chi connectivity index (χ0v) is 10.5. The van der Waals surface area contributed by atoms with Gasteiger partial charge < -0.3 is 14.5 Å². The topological polar surface area (TPSA) is 112 Å². The molecule has 1 aromatic heterocycles. The summed E-state index contributed by atoms with van der Waals surface area (Å²) < 4.78 is 9.30. The van der Waals surface area contributed by atoms with Crippen molar-refractivity contribution in [1.82, 2.24) is 5.32 Å². The molecule has 8 nitrogen and oxygen atoms in total. The van der Waals surface area contributed by atoms with Gasteiger partial charge in [-0.25, -0.2) is 4.79 Å². The number of hydrogen-bond acceptors (Lipinski definition) is 6. The predicted octanol–water partition coefficient (Wildman–Crippen LogP) is 1.26. The first kappa shape index (κ1) is 14.7. The van der Waals surface area contributed by atoms with Crippen molar-refractivity contribution in [3.63, 3.8) is 0 Å². The first-order chi connectivity index (χ1) is 8.93. The van der Waals surface area contributed by atoms with Crippen molar-refractivity contribution in [1.29, 1.82) is 0 Å². The molecule has 0 aromatic carbocycles. The Balaban J connectivity index is 2.46. The molecule has 0 bridgehead atoms. The van der Waals surface area contributed by atoms with E-state index in [0.717, 1.165) is 18.6 Å². The average molecular weight is 270 g/mol. The summed E-state index contributed by atoms with van der Waals surface area (Å²) in [5.41, 5.74) is 0. The van der Waals surface area contributed by atoms with E-state index in [1.54, 1.807) is 0 Å². The van der Waals surface area contributed by atoms with Gasteiger partial charge in [0.25, 0.3) is 5.91 Å². The highest BCUT2D eigenvalue weighted by Gasteiger charge is 2.19. The number of carbonyl (C=O) groups excluding carboxylic acids is 2. The van der Waals surface area contributed by atoms with E-state index in [1.807, 2.05) is 13.8 Å². The normalized spacial score (nSPS) is 11.7. The number of furan rings is 1. The van der Waals surface area contributed by atoms with Gasteiger partial charge in [0.15, 0.2) is 6.61 Å². The van der Waals surface area contributed by atoms with Crippen molar-refractivity contribution in [2.75, 3.05) is 6.61 Å². The summed E-state index contributed by atoms with van der Waals surface area (Å²) >= 11 is 0. The molecule has 1 unspecified atom stereocenters. The SMILES string of the molecule is CCC(C)NC(=O)COC(=O)c1ccc([N+](=O)[O-])o1. The molecule has 1 N–H and O–H groups in total. The highest BCUT2D eigenvalue weighted by atomic mass is 16.7. The fraction of sp³-hybridized carbons (Fsp3) is 0.455. The molecule has 1 heterocycles. The average Bonchev–Trinajstić information content (AvgIpc) is 2.85. The molecule has 1 aromatic rings. The van der Waals surface area contributed by atoms with Gasteiger partial charge in [-0.2, -0.15) is 0 Å². The number of rotatable bonds is 6. The predicted molar refractivity (Wildman–Crippen MR) is 63.5 cm³/mol. The highest BCUT2D eigenvalue weighted by Crippen LogP contribution is 2.16. The van der Waals surface area contributed by atoms with Gasteiger partial charge in [0.1, 0.15) is 4.92 Å². The number of nitrogens with one attached hydrogen (secondary N) is 1. The van der Waals surface area contributed by atoms with Crippen LogP contribution in [-0.2, 0) is 9.53 Å². The van der Waals surface area contributed by atoms with Gasteiger partial charge in [0.05, 0.1) is 6.07 Å². The van der Waals surface area contributed by atoms with Crippen molar-refractivity contribution in [3.8, 4) is 0 Å². The third-order valence-corrected chi connectivity index (χ3v) is 2.33. The van der Waals surface area contributed by atoms with Crippen molar-refractivity contribution < 1.29 is 23.7 Å². The second kappa shape index (κ2) is 6.53. The Labute approximate surface area is 108 Å². The number of carbonyl (C=O) groups is 2. The molecular formula is C11H14N2O6. The summed E-state index contributed by atoms with van der Waals surface area (Å²) in [6.45, 7) is 3.26. The lowest BCUT2D eigenvalue weighted by Crippen LogP contribution is -2.35. The van der Waals surface area contributed by atoms with Crippen molar-refractivity contribution in [2.45, 2.75) is 26.3 Å². The molecule has 0 fully saturated rings. The fourth-order valence-electron chi connectivity index (χ4n) is 1.16. The van der Waals surface area contributed by atoms with Crippen LogP contribution in [-0.4, -0.2) is 29.4 Å². The van der Waals surface area contributed by atoms with Crippen molar-refractivity contribution in [3.05, 3.63) is 28.0 Å².